The molecule has 0 radical (unpaired) electrons. The highest BCUT2D eigenvalue weighted by Gasteiger charge is 2.43. The Morgan fingerprint density at radius 3 is 2.76 bits per heavy atom. The summed E-state index contributed by atoms with van der Waals surface area (Å²) in [4.78, 5) is 25.8. The number of carboxylic acids is 1. The fourth-order valence-corrected chi connectivity index (χ4v) is 3.85. The molecule has 5 nitrogen and oxygen atoms in total. The zero-order valence-corrected chi connectivity index (χ0v) is 13.2. The number of carbonyl (C=O) groups is 2. The van der Waals surface area contributed by atoms with Gasteiger partial charge in [-0.05, 0) is 50.5 Å². The van der Waals surface area contributed by atoms with Crippen molar-refractivity contribution in [3.8, 4) is 0 Å². The first-order valence-electron chi connectivity index (χ1n) is 8.24. The summed E-state index contributed by atoms with van der Waals surface area (Å²) in [6.45, 7) is 6.53. The maximum Gasteiger partial charge on any atom is 0.303 e. The minimum absolute atomic E-state index is 0.132. The monoisotopic (exact) mass is 296 g/mol. The average Bonchev–Trinajstić information content (AvgIpc) is 2.96. The molecule has 2 N–H and O–H groups in total. The summed E-state index contributed by atoms with van der Waals surface area (Å²) in [5.41, 5.74) is -0.363. The summed E-state index contributed by atoms with van der Waals surface area (Å²) in [5.74, 6) is -0.0653. The smallest absolute Gasteiger partial charge is 0.303 e. The van der Waals surface area contributed by atoms with Gasteiger partial charge in [0.25, 0.3) is 0 Å². The lowest BCUT2D eigenvalue weighted by Crippen LogP contribution is -2.57. The number of carbonyl (C=O) groups excluding carboxylic acids is 1. The van der Waals surface area contributed by atoms with Crippen molar-refractivity contribution in [2.75, 3.05) is 19.6 Å². The topological polar surface area (TPSA) is 69.6 Å². The Morgan fingerprint density at radius 1 is 1.43 bits per heavy atom. The van der Waals surface area contributed by atoms with E-state index in [9.17, 15) is 9.59 Å². The van der Waals surface area contributed by atoms with Crippen LogP contribution in [0.4, 0.5) is 0 Å². The second-order valence-electron chi connectivity index (χ2n) is 6.69. The molecule has 3 unspecified atom stereocenters. The number of hydrogen-bond donors (Lipinski definition) is 2. The van der Waals surface area contributed by atoms with Crippen molar-refractivity contribution in [2.24, 2.45) is 11.8 Å². The molecule has 0 spiro atoms. The third-order valence-corrected chi connectivity index (χ3v) is 5.30. The van der Waals surface area contributed by atoms with Crippen LogP contribution in [-0.4, -0.2) is 47.1 Å². The molecule has 21 heavy (non-hydrogen) atoms. The van der Waals surface area contributed by atoms with Gasteiger partial charge in [0.05, 0.1) is 5.54 Å². The van der Waals surface area contributed by atoms with Crippen LogP contribution < -0.4 is 5.32 Å². The van der Waals surface area contributed by atoms with Crippen LogP contribution in [0.1, 0.15) is 52.4 Å². The lowest BCUT2D eigenvalue weighted by atomic mass is 9.83. The summed E-state index contributed by atoms with van der Waals surface area (Å²) < 4.78 is 0. The van der Waals surface area contributed by atoms with Gasteiger partial charge in [0.1, 0.15) is 0 Å². The maximum absolute atomic E-state index is 12.9. The Kier molecular flexibility index (Phi) is 5.25. The molecule has 2 aliphatic rings. The summed E-state index contributed by atoms with van der Waals surface area (Å²) in [6, 6.07) is 0. The van der Waals surface area contributed by atoms with Crippen LogP contribution in [0, 0.1) is 11.8 Å². The van der Waals surface area contributed by atoms with Crippen molar-refractivity contribution in [1.29, 1.82) is 0 Å². The molecule has 0 aliphatic carbocycles. The zero-order valence-electron chi connectivity index (χ0n) is 13.2. The number of amides is 1. The molecule has 2 aliphatic heterocycles. The number of likely N-dealkylation sites (tertiary alicyclic amines) is 1. The van der Waals surface area contributed by atoms with E-state index in [1.165, 1.54) is 0 Å². The van der Waals surface area contributed by atoms with E-state index in [2.05, 4.69) is 12.2 Å². The number of aliphatic carboxylic acids is 1. The highest BCUT2D eigenvalue weighted by molar-refractivity contribution is 5.86. The van der Waals surface area contributed by atoms with E-state index < -0.39 is 5.97 Å². The first kappa shape index (κ1) is 16.3. The normalized spacial score (nSPS) is 31.1. The van der Waals surface area contributed by atoms with E-state index in [0.717, 1.165) is 51.7 Å². The Labute approximate surface area is 127 Å². The number of nitrogens with zero attached hydrogens (tertiary/aromatic N) is 1. The summed E-state index contributed by atoms with van der Waals surface area (Å²) >= 11 is 0. The third kappa shape index (κ3) is 3.57. The van der Waals surface area contributed by atoms with E-state index in [1.54, 1.807) is 0 Å². The maximum atomic E-state index is 12.9. The number of hydrogen-bond acceptors (Lipinski definition) is 3. The molecular weight excluding hydrogens is 268 g/mol. The first-order chi connectivity index (χ1) is 9.98. The van der Waals surface area contributed by atoms with Crippen molar-refractivity contribution < 1.29 is 14.7 Å². The van der Waals surface area contributed by atoms with Gasteiger partial charge in [0.15, 0.2) is 0 Å². The fraction of sp³-hybridized carbons (Fsp3) is 0.875. The molecule has 0 aromatic carbocycles. The van der Waals surface area contributed by atoms with Crippen LogP contribution in [0.25, 0.3) is 0 Å². The first-order valence-corrected chi connectivity index (χ1v) is 8.24. The zero-order chi connectivity index (χ0) is 15.5. The third-order valence-electron chi connectivity index (χ3n) is 5.30. The second-order valence-corrected chi connectivity index (χ2v) is 6.69. The van der Waals surface area contributed by atoms with Gasteiger partial charge in [0, 0.05) is 19.5 Å². The van der Waals surface area contributed by atoms with Gasteiger partial charge < -0.3 is 15.3 Å². The summed E-state index contributed by atoms with van der Waals surface area (Å²) in [6.07, 6.45) is 5.03. The Hall–Kier alpha value is -1.10. The quantitative estimate of drug-likeness (QED) is 0.812. The number of nitrogens with one attached hydrogen (secondary N) is 1. The lowest BCUT2D eigenvalue weighted by Gasteiger charge is -2.40. The lowest BCUT2D eigenvalue weighted by molar-refractivity contribution is -0.141. The van der Waals surface area contributed by atoms with Crippen molar-refractivity contribution in [1.82, 2.24) is 10.2 Å². The molecule has 1 amide bonds. The molecule has 2 saturated heterocycles. The highest BCUT2D eigenvalue weighted by atomic mass is 16.4. The molecule has 0 aromatic rings. The second kappa shape index (κ2) is 6.77. The minimum Gasteiger partial charge on any atom is -0.481 e. The van der Waals surface area contributed by atoms with E-state index in [4.69, 9.17) is 5.11 Å². The molecule has 0 saturated carbocycles. The van der Waals surface area contributed by atoms with E-state index >= 15 is 0 Å². The van der Waals surface area contributed by atoms with Crippen molar-refractivity contribution in [2.45, 2.75) is 57.9 Å². The molecule has 0 aromatic heterocycles. The molecule has 2 rings (SSSR count). The highest BCUT2D eigenvalue weighted by Crippen LogP contribution is 2.31. The molecule has 3 atom stereocenters. The summed E-state index contributed by atoms with van der Waals surface area (Å²) in [5, 5.41) is 12.4. The molecular formula is C16H28N2O3. The number of carboxylic acid groups (broad SMARTS) is 1. The van der Waals surface area contributed by atoms with Crippen LogP contribution in [0.15, 0.2) is 0 Å². The van der Waals surface area contributed by atoms with E-state index in [0.29, 0.717) is 5.92 Å². The molecule has 0 bridgehead atoms. The van der Waals surface area contributed by atoms with E-state index in [1.807, 2.05) is 11.8 Å². The predicted molar refractivity (Wildman–Crippen MR) is 81.0 cm³/mol. The molecule has 5 heteroatoms. The SMILES string of the molecule is CCC1(C(=O)N2CCCC(C(C)CC(=O)O)C2)CCCN1. The van der Waals surface area contributed by atoms with Crippen LogP contribution in [0.3, 0.4) is 0 Å². The van der Waals surface area contributed by atoms with Crippen LogP contribution in [0.5, 0.6) is 0 Å². The standard InChI is InChI=1S/C16H28N2O3/c1-3-16(7-5-8-17-16)15(21)18-9-4-6-13(11-18)12(2)10-14(19)20/h12-13,17H,3-11H2,1-2H3,(H,19,20). The van der Waals surface area contributed by atoms with Gasteiger partial charge in [-0.1, -0.05) is 13.8 Å². The van der Waals surface area contributed by atoms with Crippen molar-refractivity contribution in [3.63, 3.8) is 0 Å². The van der Waals surface area contributed by atoms with Crippen LogP contribution in [0.2, 0.25) is 0 Å². The van der Waals surface area contributed by atoms with Gasteiger partial charge in [-0.2, -0.15) is 0 Å². The van der Waals surface area contributed by atoms with Crippen LogP contribution in [-0.2, 0) is 9.59 Å². The average molecular weight is 296 g/mol. The van der Waals surface area contributed by atoms with Gasteiger partial charge in [-0.3, -0.25) is 9.59 Å². The Bertz CT molecular complexity index is 391. The largest absolute Gasteiger partial charge is 0.481 e. The van der Waals surface area contributed by atoms with E-state index in [-0.39, 0.29) is 23.8 Å². The predicted octanol–water partition coefficient (Wildman–Crippen LogP) is 1.87. The minimum atomic E-state index is -0.742. The van der Waals surface area contributed by atoms with Crippen molar-refractivity contribution in [3.05, 3.63) is 0 Å². The Morgan fingerprint density at radius 2 is 2.19 bits per heavy atom. The fourth-order valence-electron chi connectivity index (χ4n) is 3.85. The molecule has 2 fully saturated rings. The van der Waals surface area contributed by atoms with Gasteiger partial charge in [-0.15, -0.1) is 0 Å². The number of piperidine rings is 1. The van der Waals surface area contributed by atoms with Crippen LogP contribution >= 0.6 is 0 Å². The summed E-state index contributed by atoms with van der Waals surface area (Å²) in [7, 11) is 0. The van der Waals surface area contributed by atoms with Gasteiger partial charge >= 0.3 is 5.97 Å². The molecule has 120 valence electrons. The van der Waals surface area contributed by atoms with Gasteiger partial charge in [0.2, 0.25) is 5.91 Å². The van der Waals surface area contributed by atoms with Crippen molar-refractivity contribution >= 4 is 11.9 Å². The number of rotatable bonds is 5. The molecule has 2 heterocycles. The Balaban J connectivity index is 2.00. The van der Waals surface area contributed by atoms with Gasteiger partial charge in [-0.25, -0.2) is 0 Å².